The van der Waals surface area contributed by atoms with Crippen molar-refractivity contribution in [3.05, 3.63) is 71.5 Å². The van der Waals surface area contributed by atoms with E-state index in [-0.39, 0.29) is 30.7 Å². The summed E-state index contributed by atoms with van der Waals surface area (Å²) < 4.78 is 14.0. The van der Waals surface area contributed by atoms with Gasteiger partial charge in [-0.3, -0.25) is 24.4 Å². The quantitative estimate of drug-likeness (QED) is 0.180. The fraction of sp³-hybridized carbons (Fsp3) is 0.511. The number of piperazine rings is 1. The number of rotatable bonds is 8. The second kappa shape index (κ2) is 18.9. The Morgan fingerprint density at radius 2 is 1.85 bits per heavy atom. The minimum atomic E-state index is -1.11. The smallest absolute Gasteiger partial charge is 0.324 e. The normalized spacial score (nSPS) is 20.1. The average Bonchev–Trinajstić information content (AvgIpc) is 3.56. The minimum Gasteiger partial charge on any atom is -0.508 e. The third kappa shape index (κ3) is 9.44. The minimum absolute atomic E-state index is 0.0117. The van der Waals surface area contributed by atoms with Gasteiger partial charge in [0.1, 0.15) is 23.9 Å². The third-order valence-corrected chi connectivity index (χ3v) is 12.3. The molecule has 3 aliphatic heterocycles. The van der Waals surface area contributed by atoms with Crippen molar-refractivity contribution in [1.29, 1.82) is 0 Å². The summed E-state index contributed by atoms with van der Waals surface area (Å²) in [5.41, 5.74) is 9.90. The lowest BCUT2D eigenvalue weighted by atomic mass is 9.84. The number of nitrogens with zero attached hydrogens (tertiary/aromatic N) is 5. The van der Waals surface area contributed by atoms with Crippen LogP contribution >= 0.6 is 0 Å². The van der Waals surface area contributed by atoms with E-state index in [1.54, 1.807) is 37.4 Å². The number of nitrogens with one attached hydrogen (secondary N) is 3. The maximum atomic E-state index is 14.6. The Balaban J connectivity index is 1.33. The number of hydrazine groups is 1. The van der Waals surface area contributed by atoms with E-state index in [1.807, 2.05) is 38.2 Å². The van der Waals surface area contributed by atoms with Crippen molar-refractivity contribution >= 4 is 34.7 Å². The van der Waals surface area contributed by atoms with Gasteiger partial charge < -0.3 is 39.6 Å². The molecule has 0 aliphatic carbocycles. The molecule has 0 radical (unpaired) electrons. The maximum Gasteiger partial charge on any atom is 0.324 e. The summed E-state index contributed by atoms with van der Waals surface area (Å²) in [6, 6.07) is 10.5. The second-order valence-electron chi connectivity index (χ2n) is 18.0. The van der Waals surface area contributed by atoms with E-state index in [0.717, 1.165) is 44.4 Å². The number of likely N-dealkylation sites (N-methyl/N-ethyl adjacent to an activating group) is 1. The monoisotopic (exact) mass is 850 g/mol. The van der Waals surface area contributed by atoms with Crippen LogP contribution in [0.15, 0.2) is 54.9 Å². The maximum absolute atomic E-state index is 14.6. The molecule has 2 saturated heterocycles. The molecule has 7 rings (SSSR count). The molecule has 2 fully saturated rings. The lowest BCUT2D eigenvalue weighted by Crippen LogP contribution is -2.62. The molecule has 15 nitrogen and oxygen atoms in total. The lowest BCUT2D eigenvalue weighted by molar-refractivity contribution is -0.155. The van der Waals surface area contributed by atoms with Crippen LogP contribution in [0.25, 0.3) is 33.3 Å². The highest BCUT2D eigenvalue weighted by Gasteiger charge is 2.38. The summed E-state index contributed by atoms with van der Waals surface area (Å²) in [5.74, 6) is -1.65. The first-order valence-electron chi connectivity index (χ1n) is 21.9. The zero-order valence-electron chi connectivity index (χ0n) is 37.1. The first-order chi connectivity index (χ1) is 29.7. The number of phenols is 1. The molecule has 4 N–H and O–H groups in total. The Kier molecular flexibility index (Phi) is 13.5. The van der Waals surface area contributed by atoms with E-state index >= 15 is 0 Å². The van der Waals surface area contributed by atoms with E-state index in [2.05, 4.69) is 58.5 Å². The molecule has 1 unspecified atom stereocenters. The van der Waals surface area contributed by atoms with Gasteiger partial charge in [0.2, 0.25) is 5.91 Å². The first kappa shape index (κ1) is 44.5. The molecular weight excluding hydrogens is 789 g/mol. The number of cyclic esters (lactones) is 1. The Morgan fingerprint density at radius 1 is 1.08 bits per heavy atom. The number of carbonyl (C=O) groups is 4. The number of fused-ring (bicyclic) bond motifs is 6. The number of pyridine rings is 1. The zero-order valence-corrected chi connectivity index (χ0v) is 37.1. The van der Waals surface area contributed by atoms with Crippen LogP contribution in [0.2, 0.25) is 0 Å². The molecule has 15 heteroatoms. The third-order valence-electron chi connectivity index (χ3n) is 12.3. The van der Waals surface area contributed by atoms with E-state index < -0.39 is 41.3 Å². The van der Waals surface area contributed by atoms with Gasteiger partial charge in [-0.15, -0.1) is 0 Å². The van der Waals surface area contributed by atoms with Crippen molar-refractivity contribution in [2.24, 2.45) is 11.3 Å². The van der Waals surface area contributed by atoms with Crippen LogP contribution in [0.4, 0.5) is 4.79 Å². The summed E-state index contributed by atoms with van der Waals surface area (Å²) in [7, 11) is 3.30. The molecule has 4 amide bonds. The van der Waals surface area contributed by atoms with E-state index in [9.17, 15) is 24.3 Å². The standard InChI is InChI=1S/C47H62N8O7/c1-8-54-40-12-11-31-24-35(40)36(42(54)37-26-49-14-13-32(37)27-61-7)25-47(4,5)28-62-45(59)38-10-9-17-55(51-38)44(58)39(22-30-20-33(31)23-34(56)21-30)50-43(57)41(29(2)3)52(6)46(60)53-18-15-48-16-19-53/h11-14,20-21,23-24,26,29,38-39,41,48,51,56H,8-10,15-19,22,25,27-28H2,1-7H3,(H,50,57)/t38-,39-,41?/m0/s1. The van der Waals surface area contributed by atoms with Crippen LogP contribution in [0.1, 0.15) is 64.2 Å². The van der Waals surface area contributed by atoms with Gasteiger partial charge in [0.05, 0.1) is 18.9 Å². The van der Waals surface area contributed by atoms with Gasteiger partial charge in [0.25, 0.3) is 5.91 Å². The van der Waals surface area contributed by atoms with Crippen LogP contribution in [0.5, 0.6) is 5.75 Å². The van der Waals surface area contributed by atoms with Crippen LogP contribution in [0, 0.1) is 11.3 Å². The summed E-state index contributed by atoms with van der Waals surface area (Å²) in [6.07, 6.45) is 5.24. The summed E-state index contributed by atoms with van der Waals surface area (Å²) in [5, 5.41) is 20.0. The van der Waals surface area contributed by atoms with Gasteiger partial charge in [-0.05, 0) is 90.3 Å². The highest BCUT2D eigenvalue weighted by Crippen LogP contribution is 2.41. The molecule has 3 aliphatic rings. The molecule has 4 aromatic rings. The average molecular weight is 851 g/mol. The zero-order chi connectivity index (χ0) is 44.3. The fourth-order valence-electron chi connectivity index (χ4n) is 9.31. The number of ether oxygens (including phenoxy) is 2. The van der Waals surface area contributed by atoms with E-state index in [1.165, 1.54) is 9.91 Å². The van der Waals surface area contributed by atoms with Gasteiger partial charge in [-0.2, -0.15) is 0 Å². The molecule has 2 aromatic heterocycles. The van der Waals surface area contributed by atoms with Crippen molar-refractivity contribution in [3.63, 3.8) is 0 Å². The summed E-state index contributed by atoms with van der Waals surface area (Å²) >= 11 is 0. The lowest BCUT2D eigenvalue weighted by Gasteiger charge is -2.38. The van der Waals surface area contributed by atoms with Gasteiger partial charge >= 0.3 is 12.0 Å². The van der Waals surface area contributed by atoms with Crippen LogP contribution < -0.4 is 16.1 Å². The molecule has 332 valence electrons. The van der Waals surface area contributed by atoms with E-state index in [0.29, 0.717) is 70.7 Å². The van der Waals surface area contributed by atoms with Gasteiger partial charge in [-0.25, -0.2) is 10.2 Å². The molecule has 0 saturated carbocycles. The molecule has 6 bridgehead atoms. The number of urea groups is 1. The van der Waals surface area contributed by atoms with Crippen molar-refractivity contribution < 1.29 is 33.8 Å². The number of benzene rings is 2. The fourth-order valence-corrected chi connectivity index (χ4v) is 9.31. The second-order valence-corrected chi connectivity index (χ2v) is 18.0. The SMILES string of the molecule is CCn1c(-c2cnccc2COC)c2c3cc(ccc31)-c1cc(O)cc(c1)C[C@H](NC(=O)C(C(C)C)N(C)C(=O)N1CCNCC1)C(=O)N1CCC[C@H](N1)C(=O)OCC(C)(C)C2. The van der Waals surface area contributed by atoms with Crippen molar-refractivity contribution in [3.8, 4) is 28.1 Å². The van der Waals surface area contributed by atoms with Gasteiger partial charge in [0, 0.05) is 94.1 Å². The highest BCUT2D eigenvalue weighted by atomic mass is 16.5. The molecule has 5 heterocycles. The molecule has 62 heavy (non-hydrogen) atoms. The Labute approximate surface area is 364 Å². The molecule has 2 aromatic carbocycles. The van der Waals surface area contributed by atoms with E-state index in [4.69, 9.17) is 9.47 Å². The molecular formula is C47H62N8O7. The number of hydrogen-bond donors (Lipinski definition) is 4. The number of phenolic OH excluding ortho intramolecular Hbond substituents is 1. The molecule has 3 atom stereocenters. The number of carbonyl (C=O) groups excluding carboxylic acids is 4. The Morgan fingerprint density at radius 3 is 2.58 bits per heavy atom. The number of aromatic hydroxyl groups is 1. The van der Waals surface area contributed by atoms with Crippen molar-refractivity contribution in [2.75, 3.05) is 53.5 Å². The molecule has 0 spiro atoms. The number of methoxy groups -OCH3 is 1. The van der Waals surface area contributed by atoms with Crippen LogP contribution in [-0.4, -0.2) is 125 Å². The van der Waals surface area contributed by atoms with Gasteiger partial charge in [-0.1, -0.05) is 39.8 Å². The van der Waals surface area contributed by atoms with Crippen LogP contribution in [0.3, 0.4) is 0 Å². The number of hydrogen-bond acceptors (Lipinski definition) is 10. The largest absolute Gasteiger partial charge is 0.508 e. The highest BCUT2D eigenvalue weighted by molar-refractivity contribution is 5.96. The number of aryl methyl sites for hydroxylation is 1. The first-order valence-corrected chi connectivity index (χ1v) is 21.9. The van der Waals surface area contributed by atoms with Crippen LogP contribution in [-0.2, 0) is 49.9 Å². The Hall–Kier alpha value is -5.51. The predicted molar refractivity (Wildman–Crippen MR) is 237 cm³/mol. The number of aromatic nitrogens is 2. The summed E-state index contributed by atoms with van der Waals surface area (Å²) in [4.78, 5) is 64.2. The van der Waals surface area contributed by atoms with Crippen molar-refractivity contribution in [1.82, 2.24) is 40.4 Å². The topological polar surface area (TPSA) is 171 Å². The Bertz CT molecular complexity index is 2300. The van der Waals surface area contributed by atoms with Gasteiger partial charge in [0.15, 0.2) is 0 Å². The van der Waals surface area contributed by atoms with Crippen molar-refractivity contribution in [2.45, 2.75) is 91.6 Å². The number of amides is 4. The number of esters is 1. The predicted octanol–water partition coefficient (Wildman–Crippen LogP) is 4.87. The summed E-state index contributed by atoms with van der Waals surface area (Å²) in [6.45, 7) is 13.9.